The summed E-state index contributed by atoms with van der Waals surface area (Å²) in [5, 5.41) is 2.11. The molecule has 0 fully saturated rings. The summed E-state index contributed by atoms with van der Waals surface area (Å²) in [5.41, 5.74) is 8.32. The van der Waals surface area contributed by atoms with Gasteiger partial charge in [-0.05, 0) is 23.4 Å². The number of amidine groups is 1. The lowest BCUT2D eigenvalue weighted by Crippen LogP contribution is -2.13. The third-order valence-corrected chi connectivity index (χ3v) is 3.63. The predicted molar refractivity (Wildman–Crippen MR) is 74.6 cm³/mol. The highest BCUT2D eigenvalue weighted by molar-refractivity contribution is 7.10. The van der Waals surface area contributed by atoms with Crippen LogP contribution in [-0.4, -0.2) is 5.84 Å². The Balaban J connectivity index is 2.11. The quantitative estimate of drug-likeness (QED) is 0.651. The first kappa shape index (κ1) is 11.9. The zero-order chi connectivity index (χ0) is 12.1. The molecule has 0 aliphatic carbocycles. The first-order valence-corrected chi connectivity index (χ1v) is 6.59. The fourth-order valence-corrected chi connectivity index (χ4v) is 2.58. The monoisotopic (exact) mass is 244 g/mol. The number of hydrogen-bond donors (Lipinski definition) is 1. The van der Waals surface area contributed by atoms with E-state index in [2.05, 4.69) is 23.4 Å². The molecule has 0 radical (unpaired) electrons. The van der Waals surface area contributed by atoms with Crippen molar-refractivity contribution in [3.05, 3.63) is 57.8 Å². The van der Waals surface area contributed by atoms with Crippen molar-refractivity contribution in [1.29, 1.82) is 0 Å². The lowest BCUT2D eigenvalue weighted by Gasteiger charge is -2.01. The van der Waals surface area contributed by atoms with E-state index in [-0.39, 0.29) is 0 Å². The number of thiophene rings is 1. The number of aryl methyl sites for hydroxylation is 1. The first-order chi connectivity index (χ1) is 8.31. The van der Waals surface area contributed by atoms with E-state index in [1.807, 2.05) is 30.3 Å². The van der Waals surface area contributed by atoms with Crippen molar-refractivity contribution in [1.82, 2.24) is 0 Å². The van der Waals surface area contributed by atoms with Gasteiger partial charge in [0.1, 0.15) is 5.84 Å². The highest BCUT2D eigenvalue weighted by Gasteiger charge is 2.02. The minimum atomic E-state index is 0.612. The Kier molecular flexibility index (Phi) is 3.94. The highest BCUT2D eigenvalue weighted by atomic mass is 32.1. The molecule has 1 aromatic carbocycles. The molecule has 2 aromatic rings. The van der Waals surface area contributed by atoms with Crippen molar-refractivity contribution in [3.8, 4) is 0 Å². The molecule has 17 heavy (non-hydrogen) atoms. The fourth-order valence-electron chi connectivity index (χ4n) is 1.68. The molecule has 0 saturated carbocycles. The van der Waals surface area contributed by atoms with Crippen LogP contribution in [0.15, 0.2) is 46.8 Å². The molecule has 1 aromatic heterocycles. The smallest absolute Gasteiger partial charge is 0.125 e. The molecule has 1 heterocycles. The zero-order valence-corrected chi connectivity index (χ0v) is 10.7. The normalized spacial score (nSPS) is 11.7. The van der Waals surface area contributed by atoms with Gasteiger partial charge in [-0.3, -0.25) is 4.99 Å². The average molecular weight is 244 g/mol. The van der Waals surface area contributed by atoms with Crippen LogP contribution in [0.4, 0.5) is 0 Å². The van der Waals surface area contributed by atoms with E-state index >= 15 is 0 Å². The molecule has 0 unspecified atom stereocenters. The molecule has 0 bridgehead atoms. The van der Waals surface area contributed by atoms with Gasteiger partial charge in [-0.15, -0.1) is 11.3 Å². The van der Waals surface area contributed by atoms with Crippen molar-refractivity contribution in [2.75, 3.05) is 0 Å². The number of rotatable bonds is 4. The summed E-state index contributed by atoms with van der Waals surface area (Å²) >= 11 is 1.75. The van der Waals surface area contributed by atoms with Gasteiger partial charge in [-0.1, -0.05) is 37.3 Å². The highest BCUT2D eigenvalue weighted by Crippen LogP contribution is 2.18. The van der Waals surface area contributed by atoms with E-state index in [1.165, 1.54) is 10.4 Å². The van der Waals surface area contributed by atoms with Crippen molar-refractivity contribution >= 4 is 17.2 Å². The number of nitrogens with two attached hydrogens (primary N) is 1. The van der Waals surface area contributed by atoms with Crippen LogP contribution >= 0.6 is 11.3 Å². The van der Waals surface area contributed by atoms with Gasteiger partial charge < -0.3 is 5.73 Å². The Morgan fingerprint density at radius 2 is 2.00 bits per heavy atom. The summed E-state index contributed by atoms with van der Waals surface area (Å²) in [6, 6.07) is 12.0. The van der Waals surface area contributed by atoms with Crippen molar-refractivity contribution < 1.29 is 0 Å². The van der Waals surface area contributed by atoms with Gasteiger partial charge in [-0.25, -0.2) is 0 Å². The summed E-state index contributed by atoms with van der Waals surface area (Å²) < 4.78 is 0. The largest absolute Gasteiger partial charge is 0.383 e. The second kappa shape index (κ2) is 5.64. The topological polar surface area (TPSA) is 38.4 Å². The molecule has 0 aliphatic heterocycles. The van der Waals surface area contributed by atoms with Gasteiger partial charge >= 0.3 is 0 Å². The van der Waals surface area contributed by atoms with Crippen LogP contribution in [0.3, 0.4) is 0 Å². The van der Waals surface area contributed by atoms with Crippen molar-refractivity contribution in [3.63, 3.8) is 0 Å². The fraction of sp³-hybridized carbons (Fsp3) is 0.214. The van der Waals surface area contributed by atoms with Crippen LogP contribution < -0.4 is 5.73 Å². The van der Waals surface area contributed by atoms with Crippen LogP contribution in [-0.2, 0) is 13.0 Å². The molecule has 0 atom stereocenters. The number of benzene rings is 1. The van der Waals surface area contributed by atoms with Gasteiger partial charge in [0.15, 0.2) is 0 Å². The number of nitrogens with zero attached hydrogens (tertiary/aromatic N) is 1. The Morgan fingerprint density at radius 1 is 1.24 bits per heavy atom. The van der Waals surface area contributed by atoms with Gasteiger partial charge in [0.25, 0.3) is 0 Å². The van der Waals surface area contributed by atoms with Crippen LogP contribution in [0.1, 0.15) is 22.9 Å². The van der Waals surface area contributed by atoms with Crippen LogP contribution in [0, 0.1) is 0 Å². The van der Waals surface area contributed by atoms with Crippen molar-refractivity contribution in [2.45, 2.75) is 19.9 Å². The number of hydrogen-bond acceptors (Lipinski definition) is 2. The van der Waals surface area contributed by atoms with Gasteiger partial charge in [0.2, 0.25) is 0 Å². The Labute approximate surface area is 106 Å². The molecule has 2 N–H and O–H groups in total. The predicted octanol–water partition coefficient (Wildman–Crippen LogP) is 3.22. The summed E-state index contributed by atoms with van der Waals surface area (Å²) in [6.45, 7) is 2.84. The van der Waals surface area contributed by atoms with Gasteiger partial charge in [-0.2, -0.15) is 0 Å². The Hall–Kier alpha value is -1.61. The molecule has 0 spiro atoms. The van der Waals surface area contributed by atoms with E-state index in [1.54, 1.807) is 11.3 Å². The summed E-state index contributed by atoms with van der Waals surface area (Å²) in [5.74, 6) is 0.612. The lowest BCUT2D eigenvalue weighted by atomic mass is 10.2. The van der Waals surface area contributed by atoms with E-state index in [0.29, 0.717) is 12.4 Å². The summed E-state index contributed by atoms with van der Waals surface area (Å²) in [4.78, 5) is 5.76. The second-order valence-electron chi connectivity index (χ2n) is 3.79. The summed E-state index contributed by atoms with van der Waals surface area (Å²) in [6.07, 6.45) is 1.06. The minimum Gasteiger partial charge on any atom is -0.383 e. The van der Waals surface area contributed by atoms with Gasteiger partial charge in [0.05, 0.1) is 6.54 Å². The van der Waals surface area contributed by atoms with Crippen LogP contribution in [0.2, 0.25) is 0 Å². The first-order valence-electron chi connectivity index (χ1n) is 5.72. The van der Waals surface area contributed by atoms with E-state index in [9.17, 15) is 0 Å². The maximum absolute atomic E-state index is 5.96. The van der Waals surface area contributed by atoms with E-state index < -0.39 is 0 Å². The Morgan fingerprint density at radius 3 is 2.71 bits per heavy atom. The average Bonchev–Trinajstić information content (AvgIpc) is 2.84. The molecular formula is C14H16N2S. The lowest BCUT2D eigenvalue weighted by molar-refractivity contribution is 1.03. The minimum absolute atomic E-state index is 0.612. The molecule has 2 nitrogen and oxygen atoms in total. The molecule has 88 valence electrons. The molecule has 2 rings (SSSR count). The maximum Gasteiger partial charge on any atom is 0.125 e. The third-order valence-electron chi connectivity index (χ3n) is 2.68. The molecule has 0 saturated heterocycles. The molecule has 0 amide bonds. The molecular weight excluding hydrogens is 228 g/mol. The van der Waals surface area contributed by atoms with E-state index in [4.69, 9.17) is 5.73 Å². The standard InChI is InChI=1S/C14H16N2S/c1-2-11-8-9-17-13(11)10-16-14(15)12-6-4-3-5-7-12/h3-9H,2,10H2,1H3,(H2,15,16). The molecule has 3 heteroatoms. The second-order valence-corrected chi connectivity index (χ2v) is 4.79. The maximum atomic E-state index is 5.96. The van der Waals surface area contributed by atoms with E-state index in [0.717, 1.165) is 12.0 Å². The van der Waals surface area contributed by atoms with Crippen LogP contribution in [0.5, 0.6) is 0 Å². The summed E-state index contributed by atoms with van der Waals surface area (Å²) in [7, 11) is 0. The number of aliphatic imine (C=N–C) groups is 1. The van der Waals surface area contributed by atoms with Gasteiger partial charge in [0, 0.05) is 10.4 Å². The Bertz CT molecular complexity index is 500. The zero-order valence-electron chi connectivity index (χ0n) is 9.89. The third kappa shape index (κ3) is 2.94. The molecule has 0 aliphatic rings. The SMILES string of the molecule is CCc1ccsc1CN=C(N)c1ccccc1. The van der Waals surface area contributed by atoms with Crippen LogP contribution in [0.25, 0.3) is 0 Å². The van der Waals surface area contributed by atoms with Crippen molar-refractivity contribution in [2.24, 2.45) is 10.7 Å².